The first kappa shape index (κ1) is 4.69. The summed E-state index contributed by atoms with van der Waals surface area (Å²) in [7, 11) is 0. The van der Waals surface area contributed by atoms with E-state index in [9.17, 15) is 0 Å². The quantitative estimate of drug-likeness (QED) is 0.467. The Hall–Kier alpha value is -0.460. The Morgan fingerprint density at radius 3 is 3.14 bits per heavy atom. The van der Waals surface area contributed by atoms with Crippen LogP contribution in [0.15, 0.2) is 11.0 Å². The lowest BCUT2D eigenvalue weighted by Gasteiger charge is -1.80. The maximum absolute atomic E-state index is 8.19. The molecule has 36 valence electrons. The van der Waals surface area contributed by atoms with E-state index in [-0.39, 0.29) is 0 Å². The average Bonchev–Trinajstić information content (AvgIpc) is 2.14. The van der Waals surface area contributed by atoms with Crippen LogP contribution >= 0.6 is 11.9 Å². The SMILES string of the molecule is N#CC1=CCNS1. The first-order valence-corrected chi connectivity index (χ1v) is 2.75. The van der Waals surface area contributed by atoms with Gasteiger partial charge in [-0.1, -0.05) is 0 Å². The van der Waals surface area contributed by atoms with Gasteiger partial charge in [0.15, 0.2) is 0 Å². The lowest BCUT2D eigenvalue weighted by Crippen LogP contribution is -1.92. The van der Waals surface area contributed by atoms with Gasteiger partial charge in [-0.3, -0.25) is 4.72 Å². The van der Waals surface area contributed by atoms with Crippen molar-refractivity contribution in [2.45, 2.75) is 0 Å². The standard InChI is InChI=1S/C4H4N2S/c5-3-4-1-2-6-7-4/h1,6H,2H2. The molecule has 1 aliphatic rings. The van der Waals surface area contributed by atoms with Crippen molar-refractivity contribution in [2.75, 3.05) is 6.54 Å². The van der Waals surface area contributed by atoms with Crippen LogP contribution in [0.1, 0.15) is 0 Å². The zero-order valence-corrected chi connectivity index (χ0v) is 4.46. The van der Waals surface area contributed by atoms with E-state index in [1.165, 1.54) is 11.9 Å². The first-order chi connectivity index (χ1) is 3.43. The van der Waals surface area contributed by atoms with Crippen LogP contribution < -0.4 is 4.72 Å². The Balaban J connectivity index is 2.57. The largest absolute Gasteiger partial charge is 0.255 e. The monoisotopic (exact) mass is 112 g/mol. The molecule has 3 heteroatoms. The molecule has 1 heterocycles. The van der Waals surface area contributed by atoms with Gasteiger partial charge in [-0.05, 0) is 18.0 Å². The molecule has 0 radical (unpaired) electrons. The molecule has 2 nitrogen and oxygen atoms in total. The zero-order valence-electron chi connectivity index (χ0n) is 3.64. The van der Waals surface area contributed by atoms with Crippen molar-refractivity contribution in [3.63, 3.8) is 0 Å². The first-order valence-electron chi connectivity index (χ1n) is 1.93. The smallest absolute Gasteiger partial charge is 0.107 e. The number of allylic oxidation sites excluding steroid dienone is 1. The maximum Gasteiger partial charge on any atom is 0.107 e. The topological polar surface area (TPSA) is 35.8 Å². The van der Waals surface area contributed by atoms with Gasteiger partial charge in [0.1, 0.15) is 6.07 Å². The third-order valence-electron chi connectivity index (χ3n) is 0.663. The summed E-state index contributed by atoms with van der Waals surface area (Å²) in [6.45, 7) is 0.827. The highest BCUT2D eigenvalue weighted by molar-refractivity contribution is 8.01. The van der Waals surface area contributed by atoms with Crippen LogP contribution in [0.25, 0.3) is 0 Å². The van der Waals surface area contributed by atoms with Gasteiger partial charge in [-0.25, -0.2) is 0 Å². The summed E-state index contributed by atoms with van der Waals surface area (Å²) < 4.78 is 2.92. The average molecular weight is 112 g/mol. The molecule has 0 atom stereocenters. The predicted molar refractivity (Wildman–Crippen MR) is 29.3 cm³/mol. The second-order valence-electron chi connectivity index (χ2n) is 1.13. The van der Waals surface area contributed by atoms with E-state index in [2.05, 4.69) is 4.72 Å². The van der Waals surface area contributed by atoms with Gasteiger partial charge in [0.05, 0.1) is 4.91 Å². The fourth-order valence-electron chi connectivity index (χ4n) is 0.364. The lowest BCUT2D eigenvalue weighted by atomic mass is 10.5. The van der Waals surface area contributed by atoms with Crippen molar-refractivity contribution >= 4 is 11.9 Å². The number of hydrogen-bond donors (Lipinski definition) is 1. The number of nitrogens with one attached hydrogen (secondary N) is 1. The van der Waals surface area contributed by atoms with Crippen LogP contribution in [0.5, 0.6) is 0 Å². The number of hydrogen-bond acceptors (Lipinski definition) is 3. The van der Waals surface area contributed by atoms with Crippen molar-refractivity contribution in [2.24, 2.45) is 0 Å². The van der Waals surface area contributed by atoms with Gasteiger partial charge in [0.2, 0.25) is 0 Å². The molecule has 1 aliphatic heterocycles. The molecule has 1 rings (SSSR count). The van der Waals surface area contributed by atoms with Gasteiger partial charge in [-0.2, -0.15) is 5.26 Å². The van der Waals surface area contributed by atoms with Crippen LogP contribution in [0.2, 0.25) is 0 Å². The van der Waals surface area contributed by atoms with Crippen molar-refractivity contribution in [3.05, 3.63) is 11.0 Å². The molecule has 0 unspecified atom stereocenters. The Morgan fingerprint density at radius 2 is 2.86 bits per heavy atom. The van der Waals surface area contributed by atoms with Crippen LogP contribution in [0, 0.1) is 11.3 Å². The molecule has 1 N–H and O–H groups in total. The van der Waals surface area contributed by atoms with E-state index >= 15 is 0 Å². The summed E-state index contributed by atoms with van der Waals surface area (Å²) in [6.07, 6.45) is 1.87. The molecule has 0 aromatic carbocycles. The fraction of sp³-hybridized carbons (Fsp3) is 0.250. The third-order valence-corrected chi connectivity index (χ3v) is 1.45. The minimum absolute atomic E-state index is 0.778. The second kappa shape index (κ2) is 2.01. The molecule has 0 saturated carbocycles. The highest BCUT2D eigenvalue weighted by Gasteiger charge is 1.99. The second-order valence-corrected chi connectivity index (χ2v) is 2.06. The summed E-state index contributed by atoms with van der Waals surface area (Å²) in [5.41, 5.74) is 0. The van der Waals surface area contributed by atoms with Crippen LogP contribution in [-0.2, 0) is 0 Å². The summed E-state index contributed by atoms with van der Waals surface area (Å²) in [5.74, 6) is 0. The molecule has 0 bridgehead atoms. The van der Waals surface area contributed by atoms with Crippen LogP contribution in [0.3, 0.4) is 0 Å². The fourth-order valence-corrected chi connectivity index (χ4v) is 0.898. The minimum Gasteiger partial charge on any atom is -0.255 e. The van der Waals surface area contributed by atoms with E-state index in [1.54, 1.807) is 0 Å². The lowest BCUT2D eigenvalue weighted by molar-refractivity contribution is 1.16. The summed E-state index contributed by atoms with van der Waals surface area (Å²) in [5, 5.41) is 8.19. The van der Waals surface area contributed by atoms with Crippen molar-refractivity contribution in [1.29, 1.82) is 5.26 Å². The Morgan fingerprint density at radius 1 is 2.00 bits per heavy atom. The number of rotatable bonds is 0. The number of nitrogens with zero attached hydrogens (tertiary/aromatic N) is 1. The van der Waals surface area contributed by atoms with Gasteiger partial charge in [0.25, 0.3) is 0 Å². The Labute approximate surface area is 46.3 Å². The summed E-state index contributed by atoms with van der Waals surface area (Å²) >= 11 is 1.39. The normalized spacial score (nSPS) is 18.4. The highest BCUT2D eigenvalue weighted by Crippen LogP contribution is 2.13. The molecule has 0 amide bonds. The predicted octanol–water partition coefficient (Wildman–Crippen LogP) is 0.645. The molecule has 0 spiro atoms. The van der Waals surface area contributed by atoms with Gasteiger partial charge in [-0.15, -0.1) is 0 Å². The van der Waals surface area contributed by atoms with E-state index in [4.69, 9.17) is 5.26 Å². The summed E-state index contributed by atoms with van der Waals surface area (Å²) in [4.78, 5) is 0.778. The highest BCUT2D eigenvalue weighted by atomic mass is 32.2. The van der Waals surface area contributed by atoms with Crippen molar-refractivity contribution in [1.82, 2.24) is 4.72 Å². The molecule has 0 aromatic rings. The molecule has 0 fully saturated rings. The van der Waals surface area contributed by atoms with E-state index in [1.807, 2.05) is 12.1 Å². The molecule has 0 aliphatic carbocycles. The van der Waals surface area contributed by atoms with Crippen molar-refractivity contribution < 1.29 is 0 Å². The van der Waals surface area contributed by atoms with Gasteiger partial charge >= 0.3 is 0 Å². The van der Waals surface area contributed by atoms with Crippen LogP contribution in [0.4, 0.5) is 0 Å². The van der Waals surface area contributed by atoms with Crippen LogP contribution in [-0.4, -0.2) is 6.54 Å². The molecular formula is C4H4N2S. The van der Waals surface area contributed by atoms with Crippen molar-refractivity contribution in [3.8, 4) is 6.07 Å². The third kappa shape index (κ3) is 0.952. The van der Waals surface area contributed by atoms with E-state index < -0.39 is 0 Å². The Kier molecular flexibility index (Phi) is 1.35. The molecule has 7 heavy (non-hydrogen) atoms. The molecular weight excluding hydrogens is 108 g/mol. The zero-order chi connectivity index (χ0) is 5.11. The Bertz CT molecular complexity index is 133. The number of nitriles is 1. The van der Waals surface area contributed by atoms with E-state index in [0.717, 1.165) is 11.4 Å². The van der Waals surface area contributed by atoms with Gasteiger partial charge in [0, 0.05) is 6.54 Å². The summed E-state index contributed by atoms with van der Waals surface area (Å²) in [6, 6.07) is 2.03. The maximum atomic E-state index is 8.19. The minimum atomic E-state index is 0.778. The molecule has 0 saturated heterocycles. The molecule has 0 aromatic heterocycles. The van der Waals surface area contributed by atoms with E-state index in [0.29, 0.717) is 0 Å². The van der Waals surface area contributed by atoms with Gasteiger partial charge < -0.3 is 0 Å².